The van der Waals surface area contributed by atoms with E-state index in [0.29, 0.717) is 0 Å². The van der Waals surface area contributed by atoms with Gasteiger partial charge in [-0.25, -0.2) is 0 Å². The summed E-state index contributed by atoms with van der Waals surface area (Å²) in [4.78, 5) is 0. The predicted molar refractivity (Wildman–Crippen MR) is 80.1 cm³/mol. The number of rotatable bonds is 0. The summed E-state index contributed by atoms with van der Waals surface area (Å²) in [5, 5.41) is 7.80. The van der Waals surface area contributed by atoms with Crippen LogP contribution in [0.15, 0.2) is 48.5 Å². The molecule has 16 heavy (non-hydrogen) atoms. The molecular weight excluding hydrogens is 230 g/mol. The van der Waals surface area contributed by atoms with Crippen LogP contribution in [0.2, 0.25) is 0 Å². The Kier molecular flexibility index (Phi) is 2.43. The Balaban J connectivity index is 2.60. The fraction of sp³-hybridized carbons (Fsp3) is 0. The van der Waals surface area contributed by atoms with Gasteiger partial charge in [0.05, 0.1) is 0 Å². The predicted octanol–water partition coefficient (Wildman–Crippen LogP) is 2.99. The van der Waals surface area contributed by atoms with Crippen molar-refractivity contribution in [2.24, 2.45) is 0 Å². The van der Waals surface area contributed by atoms with E-state index < -0.39 is 0 Å². The molecule has 3 aromatic carbocycles. The topological polar surface area (TPSA) is 0 Å². The second kappa shape index (κ2) is 3.81. The maximum Gasteiger partial charge on any atom is -0.00990 e. The highest BCUT2D eigenvalue weighted by atomic mass is 31.0. The van der Waals surface area contributed by atoms with Crippen molar-refractivity contribution in [3.05, 3.63) is 48.5 Å². The van der Waals surface area contributed by atoms with E-state index in [0.717, 1.165) is 0 Å². The minimum atomic E-state index is 1.26. The Bertz CT molecular complexity index is 626. The fourth-order valence-corrected chi connectivity index (χ4v) is 2.90. The molecule has 3 aromatic rings. The molecule has 3 rings (SSSR count). The van der Waals surface area contributed by atoms with Crippen LogP contribution in [0, 0.1) is 0 Å². The minimum absolute atomic E-state index is 1.26. The van der Waals surface area contributed by atoms with E-state index in [1.54, 1.807) is 0 Å². The van der Waals surface area contributed by atoms with E-state index >= 15 is 0 Å². The van der Waals surface area contributed by atoms with Crippen LogP contribution < -0.4 is 10.6 Å². The first-order valence-corrected chi connectivity index (χ1v) is 6.38. The molecule has 0 N–H and O–H groups in total. The van der Waals surface area contributed by atoms with Crippen LogP contribution in [0.25, 0.3) is 21.5 Å². The van der Waals surface area contributed by atoms with Crippen molar-refractivity contribution in [2.45, 2.75) is 0 Å². The third kappa shape index (κ3) is 1.46. The van der Waals surface area contributed by atoms with Gasteiger partial charge in [0.1, 0.15) is 0 Å². The van der Waals surface area contributed by atoms with Gasteiger partial charge in [-0.15, -0.1) is 18.5 Å². The van der Waals surface area contributed by atoms with Crippen molar-refractivity contribution in [1.82, 2.24) is 0 Å². The van der Waals surface area contributed by atoms with Gasteiger partial charge in [-0.3, -0.25) is 0 Å². The zero-order chi connectivity index (χ0) is 11.1. The van der Waals surface area contributed by atoms with Crippen LogP contribution in [-0.4, -0.2) is 0 Å². The molecule has 0 spiro atoms. The molecular formula is C14H12P2. The quantitative estimate of drug-likeness (QED) is 0.420. The van der Waals surface area contributed by atoms with E-state index in [9.17, 15) is 0 Å². The largest absolute Gasteiger partial charge is 0.105 e. The first kappa shape index (κ1) is 10.2. The Labute approximate surface area is 99.5 Å². The Morgan fingerprint density at radius 1 is 0.500 bits per heavy atom. The molecule has 78 valence electrons. The minimum Gasteiger partial charge on any atom is -0.105 e. The molecule has 0 aliphatic carbocycles. The van der Waals surface area contributed by atoms with E-state index in [1.165, 1.54) is 32.2 Å². The van der Waals surface area contributed by atoms with E-state index in [4.69, 9.17) is 0 Å². The molecule has 0 saturated heterocycles. The SMILES string of the molecule is Pc1cccc2c1ccc1c(P)cccc12. The number of benzene rings is 3. The highest BCUT2D eigenvalue weighted by Crippen LogP contribution is 2.24. The molecule has 0 aliphatic heterocycles. The number of fused-ring (bicyclic) bond motifs is 3. The summed E-state index contributed by atoms with van der Waals surface area (Å²) in [7, 11) is 5.60. The third-order valence-corrected chi connectivity index (χ3v) is 3.99. The molecule has 0 radical (unpaired) electrons. The van der Waals surface area contributed by atoms with Gasteiger partial charge >= 0.3 is 0 Å². The molecule has 0 aliphatic rings. The molecule has 0 amide bonds. The molecule has 2 heteroatoms. The van der Waals surface area contributed by atoms with Crippen molar-refractivity contribution in [1.29, 1.82) is 0 Å². The van der Waals surface area contributed by atoms with Gasteiger partial charge in [-0.05, 0) is 32.2 Å². The van der Waals surface area contributed by atoms with Crippen molar-refractivity contribution >= 4 is 50.6 Å². The van der Waals surface area contributed by atoms with Crippen LogP contribution in [0.5, 0.6) is 0 Å². The lowest BCUT2D eigenvalue weighted by molar-refractivity contribution is 1.82. The van der Waals surface area contributed by atoms with Gasteiger partial charge in [0, 0.05) is 0 Å². The molecule has 2 unspecified atom stereocenters. The summed E-state index contributed by atoms with van der Waals surface area (Å²) in [6.45, 7) is 0. The normalized spacial score (nSPS) is 11.1. The average Bonchev–Trinajstić information content (AvgIpc) is 2.30. The summed E-state index contributed by atoms with van der Waals surface area (Å²) in [5.41, 5.74) is 0. The van der Waals surface area contributed by atoms with Gasteiger partial charge in [-0.1, -0.05) is 48.5 Å². The monoisotopic (exact) mass is 242 g/mol. The van der Waals surface area contributed by atoms with Crippen LogP contribution >= 0.6 is 18.5 Å². The van der Waals surface area contributed by atoms with E-state index in [2.05, 4.69) is 67.0 Å². The second-order valence-electron chi connectivity index (χ2n) is 3.95. The van der Waals surface area contributed by atoms with Gasteiger partial charge in [0.2, 0.25) is 0 Å². The molecule has 0 aromatic heterocycles. The molecule has 2 atom stereocenters. The molecule has 0 fully saturated rings. The first-order valence-electron chi connectivity index (χ1n) is 5.23. The zero-order valence-electron chi connectivity index (χ0n) is 8.77. The van der Waals surface area contributed by atoms with Gasteiger partial charge < -0.3 is 0 Å². The smallest absolute Gasteiger partial charge is 0.00990 e. The standard InChI is InChI=1S/C14H12P2/c15-13-5-1-3-9-10-4-2-6-14(16)12(10)8-7-11(9)13/h1-8H,15-16H2. The average molecular weight is 242 g/mol. The van der Waals surface area contributed by atoms with Crippen LogP contribution in [0.3, 0.4) is 0 Å². The first-order chi connectivity index (χ1) is 7.77. The summed E-state index contributed by atoms with van der Waals surface area (Å²) in [6, 6.07) is 17.3. The van der Waals surface area contributed by atoms with E-state index in [1.807, 2.05) is 0 Å². The highest BCUT2D eigenvalue weighted by Gasteiger charge is 2.03. The van der Waals surface area contributed by atoms with Crippen LogP contribution in [0.4, 0.5) is 0 Å². The number of hydrogen-bond acceptors (Lipinski definition) is 0. The van der Waals surface area contributed by atoms with Gasteiger partial charge in [0.25, 0.3) is 0 Å². The second-order valence-corrected chi connectivity index (χ2v) is 5.19. The van der Waals surface area contributed by atoms with Crippen LogP contribution in [0.1, 0.15) is 0 Å². The summed E-state index contributed by atoms with van der Waals surface area (Å²) in [5.74, 6) is 0. The summed E-state index contributed by atoms with van der Waals surface area (Å²) < 4.78 is 0. The third-order valence-electron chi connectivity index (χ3n) is 2.99. The summed E-state index contributed by atoms with van der Waals surface area (Å²) in [6.07, 6.45) is 0. The van der Waals surface area contributed by atoms with Crippen LogP contribution in [-0.2, 0) is 0 Å². The van der Waals surface area contributed by atoms with Crippen molar-refractivity contribution < 1.29 is 0 Å². The fourth-order valence-electron chi connectivity index (χ4n) is 2.17. The van der Waals surface area contributed by atoms with Crippen molar-refractivity contribution in [2.75, 3.05) is 0 Å². The Hall–Kier alpha value is -0.960. The lowest BCUT2D eigenvalue weighted by Gasteiger charge is -2.07. The molecule has 0 saturated carbocycles. The maximum absolute atomic E-state index is 2.80. The number of hydrogen-bond donors (Lipinski definition) is 0. The van der Waals surface area contributed by atoms with Gasteiger partial charge in [0.15, 0.2) is 0 Å². The lowest BCUT2D eigenvalue weighted by Crippen LogP contribution is -1.96. The van der Waals surface area contributed by atoms with E-state index in [-0.39, 0.29) is 0 Å². The molecule has 0 heterocycles. The molecule has 0 bridgehead atoms. The Morgan fingerprint density at radius 3 is 1.38 bits per heavy atom. The maximum atomic E-state index is 2.80. The highest BCUT2D eigenvalue weighted by molar-refractivity contribution is 7.28. The van der Waals surface area contributed by atoms with Gasteiger partial charge in [-0.2, -0.15) is 0 Å². The Morgan fingerprint density at radius 2 is 0.938 bits per heavy atom. The molecule has 0 nitrogen and oxygen atoms in total. The lowest BCUT2D eigenvalue weighted by atomic mass is 10.0. The zero-order valence-corrected chi connectivity index (χ0v) is 11.1. The van der Waals surface area contributed by atoms with Crippen molar-refractivity contribution in [3.8, 4) is 0 Å². The summed E-state index contributed by atoms with van der Waals surface area (Å²) >= 11 is 0. The van der Waals surface area contributed by atoms with Crippen molar-refractivity contribution in [3.63, 3.8) is 0 Å².